The van der Waals surface area contributed by atoms with E-state index in [9.17, 15) is 18.0 Å². The highest BCUT2D eigenvalue weighted by Crippen LogP contribution is 2.38. The van der Waals surface area contributed by atoms with E-state index in [0.717, 1.165) is 23.4 Å². The molecule has 1 aromatic carbocycles. The Labute approximate surface area is 203 Å². The van der Waals surface area contributed by atoms with Crippen molar-refractivity contribution in [1.29, 1.82) is 0 Å². The number of aromatic nitrogens is 4. The first-order chi connectivity index (χ1) is 17.4. The van der Waals surface area contributed by atoms with E-state index in [1.54, 1.807) is 12.4 Å². The number of benzene rings is 1. The molecular formula is C26H21F3N4O3. The highest BCUT2D eigenvalue weighted by molar-refractivity contribution is 5.74. The molecule has 2 aliphatic rings. The molecule has 1 saturated heterocycles. The first-order valence-corrected chi connectivity index (χ1v) is 11.6. The number of hydrogen-bond acceptors (Lipinski definition) is 6. The zero-order valence-electron chi connectivity index (χ0n) is 19.3. The summed E-state index contributed by atoms with van der Waals surface area (Å²) in [7, 11) is 0. The summed E-state index contributed by atoms with van der Waals surface area (Å²) in [4.78, 5) is 26.7. The molecule has 6 rings (SSSR count). The van der Waals surface area contributed by atoms with E-state index in [1.165, 1.54) is 4.40 Å². The van der Waals surface area contributed by atoms with Gasteiger partial charge in [-0.05, 0) is 49.6 Å². The second kappa shape index (κ2) is 8.79. The Morgan fingerprint density at radius 2 is 1.94 bits per heavy atom. The maximum Gasteiger partial charge on any atom is 0.263 e. The van der Waals surface area contributed by atoms with Crippen LogP contribution in [0.3, 0.4) is 0 Å². The number of fused-ring (bicyclic) bond motifs is 2. The van der Waals surface area contributed by atoms with E-state index in [-0.39, 0.29) is 47.7 Å². The number of pyridine rings is 1. The van der Waals surface area contributed by atoms with Gasteiger partial charge in [0.2, 0.25) is 0 Å². The van der Waals surface area contributed by atoms with Crippen LogP contribution in [0.5, 0.6) is 0 Å². The second-order valence-corrected chi connectivity index (χ2v) is 9.08. The van der Waals surface area contributed by atoms with Gasteiger partial charge in [-0.3, -0.25) is 14.2 Å². The van der Waals surface area contributed by atoms with E-state index in [4.69, 9.17) is 9.47 Å². The normalized spacial score (nSPS) is 19.6. The van der Waals surface area contributed by atoms with Crippen molar-refractivity contribution in [3.05, 3.63) is 92.7 Å². The van der Waals surface area contributed by atoms with Crippen molar-refractivity contribution >= 4 is 5.65 Å². The fourth-order valence-electron chi connectivity index (χ4n) is 4.91. The Kier molecular flexibility index (Phi) is 5.57. The first kappa shape index (κ1) is 22.8. The molecule has 0 radical (unpaired) electrons. The smallest absolute Gasteiger partial charge is 0.263 e. The van der Waals surface area contributed by atoms with Crippen molar-refractivity contribution in [3.63, 3.8) is 0 Å². The standard InChI is InChI=1S/C26H21F3N4O3/c1-13-8-15(4-6-30-13)21-9-14(5-7-36-21)19-10-33-25(32-20-12-35-11-17(20)26(33)34)24(31-19)16-2-3-18(27)23(29)22(16)28/h2-4,6,8,10,14,21H,5,7,9,11-12H2,1H3. The minimum atomic E-state index is -1.61. The Morgan fingerprint density at radius 1 is 1.08 bits per heavy atom. The van der Waals surface area contributed by atoms with Crippen LogP contribution in [0.4, 0.5) is 13.2 Å². The van der Waals surface area contributed by atoms with Crippen molar-refractivity contribution in [3.8, 4) is 11.3 Å². The summed E-state index contributed by atoms with van der Waals surface area (Å²) in [5.74, 6) is -4.44. The molecule has 2 aliphatic heterocycles. The number of halogens is 3. The zero-order valence-corrected chi connectivity index (χ0v) is 19.3. The molecule has 2 atom stereocenters. The molecule has 0 N–H and O–H groups in total. The van der Waals surface area contributed by atoms with E-state index < -0.39 is 17.5 Å². The summed E-state index contributed by atoms with van der Waals surface area (Å²) in [6.45, 7) is 2.61. The van der Waals surface area contributed by atoms with Gasteiger partial charge in [0.1, 0.15) is 5.69 Å². The van der Waals surface area contributed by atoms with E-state index in [0.29, 0.717) is 36.4 Å². The summed E-state index contributed by atoms with van der Waals surface area (Å²) >= 11 is 0. The molecule has 0 aliphatic carbocycles. The average Bonchev–Trinajstić information content (AvgIpc) is 3.37. The first-order valence-electron chi connectivity index (χ1n) is 11.6. The van der Waals surface area contributed by atoms with Crippen LogP contribution in [0.15, 0.2) is 41.5 Å². The Balaban J connectivity index is 1.52. The fraction of sp³-hybridized carbons (Fsp3) is 0.308. The van der Waals surface area contributed by atoms with Crippen LogP contribution in [-0.2, 0) is 22.7 Å². The molecule has 184 valence electrons. The Hall–Kier alpha value is -3.63. The van der Waals surface area contributed by atoms with Gasteiger partial charge in [-0.2, -0.15) is 0 Å². The molecule has 0 amide bonds. The van der Waals surface area contributed by atoms with Crippen LogP contribution >= 0.6 is 0 Å². The summed E-state index contributed by atoms with van der Waals surface area (Å²) in [5.41, 5.74) is 2.62. The molecule has 2 unspecified atom stereocenters. The fourth-order valence-corrected chi connectivity index (χ4v) is 4.91. The molecular weight excluding hydrogens is 473 g/mol. The molecule has 7 nitrogen and oxygen atoms in total. The number of ether oxygens (including phenoxy) is 2. The summed E-state index contributed by atoms with van der Waals surface area (Å²) in [6.07, 6.45) is 4.31. The van der Waals surface area contributed by atoms with Crippen LogP contribution in [0.2, 0.25) is 0 Å². The third-order valence-corrected chi connectivity index (χ3v) is 6.78. The van der Waals surface area contributed by atoms with Gasteiger partial charge in [0.05, 0.1) is 36.3 Å². The lowest BCUT2D eigenvalue weighted by Crippen LogP contribution is -2.24. The lowest BCUT2D eigenvalue weighted by Gasteiger charge is -2.30. The Morgan fingerprint density at radius 3 is 2.78 bits per heavy atom. The van der Waals surface area contributed by atoms with Gasteiger partial charge in [-0.25, -0.2) is 23.1 Å². The van der Waals surface area contributed by atoms with Crippen LogP contribution in [0, 0.1) is 24.4 Å². The lowest BCUT2D eigenvalue weighted by atomic mass is 9.89. The van der Waals surface area contributed by atoms with Crippen molar-refractivity contribution < 1.29 is 22.6 Å². The highest BCUT2D eigenvalue weighted by atomic mass is 19.2. The molecule has 5 heterocycles. The largest absolute Gasteiger partial charge is 0.373 e. The van der Waals surface area contributed by atoms with Gasteiger partial charge in [0, 0.05) is 36.2 Å². The maximum absolute atomic E-state index is 14.9. The number of hydrogen-bond donors (Lipinski definition) is 0. The van der Waals surface area contributed by atoms with Crippen molar-refractivity contribution in [2.45, 2.75) is 45.0 Å². The SMILES string of the molecule is Cc1cc(C2CC(c3cn4c(=O)c5c(nc4c(-c4ccc(F)c(F)c4F)n3)COC5)CCO2)ccn1. The highest BCUT2D eigenvalue weighted by Gasteiger charge is 2.29. The van der Waals surface area contributed by atoms with Crippen LogP contribution < -0.4 is 5.56 Å². The minimum absolute atomic E-state index is 0.0292. The molecule has 0 spiro atoms. The predicted octanol–water partition coefficient (Wildman–Crippen LogP) is 4.54. The lowest BCUT2D eigenvalue weighted by molar-refractivity contribution is 0.00451. The molecule has 4 aromatic rings. The predicted molar refractivity (Wildman–Crippen MR) is 123 cm³/mol. The van der Waals surface area contributed by atoms with Crippen LogP contribution in [0.25, 0.3) is 16.9 Å². The van der Waals surface area contributed by atoms with Crippen LogP contribution in [-0.4, -0.2) is 26.0 Å². The van der Waals surface area contributed by atoms with Crippen molar-refractivity contribution in [2.75, 3.05) is 6.61 Å². The summed E-state index contributed by atoms with van der Waals surface area (Å²) in [5, 5.41) is 0. The molecule has 10 heteroatoms. The quantitative estimate of drug-likeness (QED) is 0.389. The molecule has 36 heavy (non-hydrogen) atoms. The van der Waals surface area contributed by atoms with Gasteiger partial charge >= 0.3 is 0 Å². The molecule has 3 aromatic heterocycles. The van der Waals surface area contributed by atoms with Gasteiger partial charge < -0.3 is 9.47 Å². The summed E-state index contributed by atoms with van der Waals surface area (Å²) < 4.78 is 55.5. The van der Waals surface area contributed by atoms with Crippen LogP contribution in [0.1, 0.15) is 53.1 Å². The molecule has 0 saturated carbocycles. The number of rotatable bonds is 3. The van der Waals surface area contributed by atoms with Gasteiger partial charge in [0.15, 0.2) is 23.1 Å². The zero-order chi connectivity index (χ0) is 25.0. The molecule has 1 fully saturated rings. The summed E-state index contributed by atoms with van der Waals surface area (Å²) in [6, 6.07) is 5.81. The second-order valence-electron chi connectivity index (χ2n) is 9.08. The molecule has 0 bridgehead atoms. The van der Waals surface area contributed by atoms with E-state index in [1.807, 2.05) is 19.1 Å². The number of aryl methyl sites for hydroxylation is 1. The van der Waals surface area contributed by atoms with E-state index in [2.05, 4.69) is 15.0 Å². The van der Waals surface area contributed by atoms with Gasteiger partial charge in [-0.1, -0.05) is 0 Å². The maximum atomic E-state index is 14.9. The van der Waals surface area contributed by atoms with E-state index >= 15 is 0 Å². The van der Waals surface area contributed by atoms with Gasteiger partial charge in [0.25, 0.3) is 5.56 Å². The minimum Gasteiger partial charge on any atom is -0.373 e. The third kappa shape index (κ3) is 3.77. The average molecular weight is 494 g/mol. The number of nitrogens with zero attached hydrogens (tertiary/aromatic N) is 4. The van der Waals surface area contributed by atoms with Gasteiger partial charge in [-0.15, -0.1) is 0 Å². The van der Waals surface area contributed by atoms with Crippen molar-refractivity contribution in [1.82, 2.24) is 19.4 Å². The topological polar surface area (TPSA) is 78.6 Å². The Bertz CT molecular complexity index is 1570. The third-order valence-electron chi connectivity index (χ3n) is 6.78. The monoisotopic (exact) mass is 494 g/mol. The van der Waals surface area contributed by atoms with Crippen molar-refractivity contribution in [2.24, 2.45) is 0 Å².